The second-order valence-electron chi connectivity index (χ2n) is 6.15. The van der Waals surface area contributed by atoms with Crippen molar-refractivity contribution in [2.75, 3.05) is 13.2 Å². The van der Waals surface area contributed by atoms with E-state index in [1.807, 2.05) is 13.8 Å². The number of aliphatic hydroxyl groups is 1. The fraction of sp³-hybridized carbons (Fsp3) is 0.625. The molecule has 7 heteroatoms. The third kappa shape index (κ3) is 2.69. The first-order valence-corrected chi connectivity index (χ1v) is 7.85. The number of aliphatic hydroxyl groups excluding tert-OH is 1. The Morgan fingerprint density at radius 3 is 2.78 bits per heavy atom. The van der Waals surface area contributed by atoms with Crippen molar-refractivity contribution >= 4 is 5.91 Å². The number of nitrogens with one attached hydrogen (secondary N) is 1. The summed E-state index contributed by atoms with van der Waals surface area (Å²) in [5.41, 5.74) is 1.63. The van der Waals surface area contributed by atoms with Crippen LogP contribution in [0.4, 0.5) is 0 Å². The van der Waals surface area contributed by atoms with Gasteiger partial charge in [-0.25, -0.2) is 0 Å². The molecule has 2 aliphatic heterocycles. The van der Waals surface area contributed by atoms with Gasteiger partial charge in [-0.2, -0.15) is 0 Å². The second-order valence-corrected chi connectivity index (χ2v) is 6.15. The zero-order chi connectivity index (χ0) is 16.7. The van der Waals surface area contributed by atoms with Crippen LogP contribution < -0.4 is 10.9 Å². The van der Waals surface area contributed by atoms with Crippen LogP contribution in [0, 0.1) is 6.92 Å². The van der Waals surface area contributed by atoms with E-state index in [0.717, 1.165) is 17.7 Å². The number of aryl methyl sites for hydroxylation is 1. The number of carbonyl (C=O) groups excluding carboxylic acids is 1. The fourth-order valence-corrected chi connectivity index (χ4v) is 3.46. The lowest BCUT2D eigenvalue weighted by Crippen LogP contribution is -2.46. The summed E-state index contributed by atoms with van der Waals surface area (Å²) < 4.78 is 12.5. The number of amides is 1. The molecule has 3 rings (SSSR count). The van der Waals surface area contributed by atoms with Gasteiger partial charge < -0.3 is 24.5 Å². The molecule has 3 heterocycles. The molecule has 1 amide bonds. The van der Waals surface area contributed by atoms with Gasteiger partial charge in [-0.15, -0.1) is 0 Å². The van der Waals surface area contributed by atoms with Gasteiger partial charge in [0.1, 0.15) is 23.9 Å². The maximum absolute atomic E-state index is 12.5. The van der Waals surface area contributed by atoms with E-state index in [0.29, 0.717) is 0 Å². The number of nitrogens with zero attached hydrogens (tertiary/aromatic N) is 1. The molecule has 0 radical (unpaired) electrons. The van der Waals surface area contributed by atoms with E-state index < -0.39 is 18.1 Å². The van der Waals surface area contributed by atoms with E-state index >= 15 is 0 Å². The summed E-state index contributed by atoms with van der Waals surface area (Å²) in [6.07, 6.45) is -0.715. The molecule has 0 aromatic carbocycles. The second kappa shape index (κ2) is 6.07. The minimum absolute atomic E-state index is 0.115. The molecule has 0 bridgehead atoms. The first kappa shape index (κ1) is 16.2. The molecule has 1 aromatic rings. The first-order chi connectivity index (χ1) is 10.9. The molecule has 0 unspecified atom stereocenters. The third-order valence-corrected chi connectivity index (χ3v) is 4.68. The highest BCUT2D eigenvalue weighted by Crippen LogP contribution is 2.27. The summed E-state index contributed by atoms with van der Waals surface area (Å²) in [5, 5.41) is 12.5. The van der Waals surface area contributed by atoms with E-state index in [2.05, 4.69) is 5.32 Å². The standard InChI is InChI=1S/C16H22N2O5/c1-4-11-8(2)5-9(16(21)18(11)3)15(20)17-10-6-22-14-12(19)7-23-13(10)14/h5,10,12-14,19H,4,6-7H2,1-3H3,(H,17,20)/t10-,12-,13+,14+/m0/s1. The quantitative estimate of drug-likeness (QED) is 0.784. The maximum Gasteiger partial charge on any atom is 0.263 e. The van der Waals surface area contributed by atoms with Gasteiger partial charge in [0.15, 0.2) is 0 Å². The number of aromatic nitrogens is 1. The van der Waals surface area contributed by atoms with Crippen LogP contribution in [0.15, 0.2) is 10.9 Å². The van der Waals surface area contributed by atoms with Crippen LogP contribution in [0.2, 0.25) is 0 Å². The molecule has 2 fully saturated rings. The Balaban J connectivity index is 1.81. The van der Waals surface area contributed by atoms with Crippen LogP contribution in [-0.2, 0) is 22.9 Å². The zero-order valence-corrected chi connectivity index (χ0v) is 13.5. The van der Waals surface area contributed by atoms with E-state index in [4.69, 9.17) is 9.47 Å². The molecular formula is C16H22N2O5. The number of ether oxygens (including phenoxy) is 2. The van der Waals surface area contributed by atoms with E-state index in [1.54, 1.807) is 13.1 Å². The van der Waals surface area contributed by atoms with E-state index in [1.165, 1.54) is 4.57 Å². The number of fused-ring (bicyclic) bond motifs is 1. The van der Waals surface area contributed by atoms with Crippen molar-refractivity contribution in [2.45, 2.75) is 44.6 Å². The summed E-state index contributed by atoms with van der Waals surface area (Å²) >= 11 is 0. The van der Waals surface area contributed by atoms with Crippen molar-refractivity contribution in [1.82, 2.24) is 9.88 Å². The SMILES string of the molecule is CCc1c(C)cc(C(=O)N[C@H]2CO[C@H]3[C@@H]2OC[C@@H]3O)c(=O)n1C. The number of carbonyl (C=O) groups is 1. The molecule has 2 aliphatic rings. The monoisotopic (exact) mass is 322 g/mol. The van der Waals surface area contributed by atoms with Crippen LogP contribution in [0.3, 0.4) is 0 Å². The highest BCUT2D eigenvalue weighted by atomic mass is 16.6. The van der Waals surface area contributed by atoms with E-state index in [-0.39, 0.29) is 36.5 Å². The molecule has 126 valence electrons. The van der Waals surface area contributed by atoms with Gasteiger partial charge in [0.2, 0.25) is 0 Å². The van der Waals surface area contributed by atoms with Gasteiger partial charge in [0.25, 0.3) is 11.5 Å². The first-order valence-electron chi connectivity index (χ1n) is 7.85. The van der Waals surface area contributed by atoms with Gasteiger partial charge in [0, 0.05) is 12.7 Å². The van der Waals surface area contributed by atoms with Crippen molar-refractivity contribution < 1.29 is 19.4 Å². The number of pyridine rings is 1. The molecule has 1 aromatic heterocycles. The molecule has 0 aliphatic carbocycles. The Bertz CT molecular complexity index is 684. The van der Waals surface area contributed by atoms with E-state index in [9.17, 15) is 14.7 Å². The molecule has 7 nitrogen and oxygen atoms in total. The van der Waals surface area contributed by atoms with Crippen molar-refractivity contribution in [1.29, 1.82) is 0 Å². The average Bonchev–Trinajstić information content (AvgIpc) is 3.07. The molecule has 2 N–H and O–H groups in total. The largest absolute Gasteiger partial charge is 0.388 e. The lowest BCUT2D eigenvalue weighted by molar-refractivity contribution is 0.0178. The van der Waals surface area contributed by atoms with Gasteiger partial charge >= 0.3 is 0 Å². The Morgan fingerprint density at radius 2 is 2.09 bits per heavy atom. The van der Waals surface area contributed by atoms with Crippen molar-refractivity contribution in [2.24, 2.45) is 7.05 Å². The Labute approximate surface area is 134 Å². The number of hydrogen-bond donors (Lipinski definition) is 2. The number of rotatable bonds is 3. The van der Waals surface area contributed by atoms with Gasteiger partial charge in [-0.1, -0.05) is 6.92 Å². The molecule has 4 atom stereocenters. The predicted octanol–water partition coefficient (Wildman–Crippen LogP) is -0.487. The van der Waals surface area contributed by atoms with Crippen LogP contribution in [0.1, 0.15) is 28.5 Å². The maximum atomic E-state index is 12.5. The average molecular weight is 322 g/mol. The molecule has 23 heavy (non-hydrogen) atoms. The summed E-state index contributed by atoms with van der Waals surface area (Å²) in [5.74, 6) is -0.435. The smallest absolute Gasteiger partial charge is 0.263 e. The molecule has 2 saturated heterocycles. The molecular weight excluding hydrogens is 300 g/mol. The van der Waals surface area contributed by atoms with Crippen LogP contribution in [0.5, 0.6) is 0 Å². The summed E-state index contributed by atoms with van der Waals surface area (Å²) in [6, 6.07) is 1.27. The molecule has 0 saturated carbocycles. The van der Waals surface area contributed by atoms with Gasteiger partial charge in [0.05, 0.1) is 19.3 Å². The highest BCUT2D eigenvalue weighted by Gasteiger charge is 2.47. The molecule has 0 spiro atoms. The minimum Gasteiger partial charge on any atom is -0.388 e. The lowest BCUT2D eigenvalue weighted by Gasteiger charge is -2.18. The lowest BCUT2D eigenvalue weighted by atomic mass is 10.1. The normalized spacial score (nSPS) is 29.6. The predicted molar refractivity (Wildman–Crippen MR) is 82.5 cm³/mol. The fourth-order valence-electron chi connectivity index (χ4n) is 3.46. The van der Waals surface area contributed by atoms with Crippen molar-refractivity contribution in [3.63, 3.8) is 0 Å². The Morgan fingerprint density at radius 1 is 1.39 bits per heavy atom. The highest BCUT2D eigenvalue weighted by molar-refractivity contribution is 5.94. The minimum atomic E-state index is -0.666. The van der Waals surface area contributed by atoms with Gasteiger partial charge in [-0.05, 0) is 25.0 Å². The van der Waals surface area contributed by atoms with Crippen LogP contribution >= 0.6 is 0 Å². The topological polar surface area (TPSA) is 89.8 Å². The Hall–Kier alpha value is -1.70. The number of hydrogen-bond acceptors (Lipinski definition) is 5. The van der Waals surface area contributed by atoms with Gasteiger partial charge in [-0.3, -0.25) is 9.59 Å². The zero-order valence-electron chi connectivity index (χ0n) is 13.5. The van der Waals surface area contributed by atoms with Crippen LogP contribution in [-0.4, -0.2) is 53.1 Å². The summed E-state index contributed by atoms with van der Waals surface area (Å²) in [6.45, 7) is 4.33. The third-order valence-electron chi connectivity index (χ3n) is 4.68. The summed E-state index contributed by atoms with van der Waals surface area (Å²) in [4.78, 5) is 24.9. The Kier molecular flexibility index (Phi) is 4.27. The van der Waals surface area contributed by atoms with Crippen molar-refractivity contribution in [3.05, 3.63) is 33.2 Å². The van der Waals surface area contributed by atoms with Crippen molar-refractivity contribution in [3.8, 4) is 0 Å². The summed E-state index contributed by atoms with van der Waals surface area (Å²) in [7, 11) is 1.68. The van der Waals surface area contributed by atoms with Crippen LogP contribution in [0.25, 0.3) is 0 Å².